The molecular formula is C24H27N7O3. The molecule has 0 aliphatic carbocycles. The second kappa shape index (κ2) is 10.8. The molecule has 10 nitrogen and oxygen atoms in total. The number of terminal acetylenes is 1. The van der Waals surface area contributed by atoms with E-state index in [1.807, 2.05) is 16.8 Å². The normalized spacial score (nSPS) is 11.3. The third kappa shape index (κ3) is 5.32. The van der Waals surface area contributed by atoms with Crippen LogP contribution in [0.2, 0.25) is 0 Å². The van der Waals surface area contributed by atoms with Crippen LogP contribution in [0.3, 0.4) is 0 Å². The smallest absolute Gasteiger partial charge is 0.292 e. The van der Waals surface area contributed by atoms with Crippen molar-refractivity contribution in [1.82, 2.24) is 24.7 Å². The fourth-order valence-electron chi connectivity index (χ4n) is 3.79. The van der Waals surface area contributed by atoms with Gasteiger partial charge in [0.2, 0.25) is 0 Å². The van der Waals surface area contributed by atoms with E-state index >= 15 is 0 Å². The van der Waals surface area contributed by atoms with Crippen LogP contribution in [0.4, 0.5) is 11.8 Å². The Morgan fingerprint density at radius 1 is 1.15 bits per heavy atom. The lowest BCUT2D eigenvalue weighted by Gasteiger charge is -2.04. The predicted molar refractivity (Wildman–Crippen MR) is 130 cm³/mol. The van der Waals surface area contributed by atoms with Gasteiger partial charge in [-0.1, -0.05) is 6.42 Å². The van der Waals surface area contributed by atoms with Crippen molar-refractivity contribution in [2.45, 2.75) is 45.1 Å². The number of unbranched alkanes of at least 4 members (excludes halogenated alkanes) is 2. The molecule has 0 atom stereocenters. The van der Waals surface area contributed by atoms with Gasteiger partial charge in [-0.15, -0.1) is 12.3 Å². The van der Waals surface area contributed by atoms with Gasteiger partial charge in [-0.25, -0.2) is 14.6 Å². The summed E-state index contributed by atoms with van der Waals surface area (Å²) in [4.78, 5) is 24.7. The van der Waals surface area contributed by atoms with Gasteiger partial charge in [0.25, 0.3) is 6.01 Å². The summed E-state index contributed by atoms with van der Waals surface area (Å²) in [6.07, 6.45) is 10.7. The van der Waals surface area contributed by atoms with Crippen molar-refractivity contribution in [2.75, 3.05) is 24.7 Å². The molecule has 0 unspecified atom stereocenters. The highest BCUT2D eigenvalue weighted by molar-refractivity contribution is 5.99. The topological polar surface area (TPSA) is 148 Å². The number of carbonyl (C=O) groups excluding carboxylic acids is 1. The standard InChI is InChI=1S/C24H27N7O3/c1-2-3-12-33-13-10-17(32)7-5-4-6-11-31-23-20(22(25)27-15-28-23)21(30-31)16-8-9-19-18(14-16)29-24(26)34-19/h1,8-9,14-15H,3-7,10-13H2,(H2,26,29)(H2,25,27,28). The van der Waals surface area contributed by atoms with Gasteiger partial charge in [0.15, 0.2) is 11.2 Å². The van der Waals surface area contributed by atoms with Crippen molar-refractivity contribution in [2.24, 2.45) is 0 Å². The first-order valence-electron chi connectivity index (χ1n) is 11.2. The Bertz CT molecular complexity index is 1340. The number of Topliss-reactive ketones (excluding diaryl/α,β-unsaturated/α-hetero) is 1. The molecule has 0 saturated carbocycles. The van der Waals surface area contributed by atoms with Crippen molar-refractivity contribution in [3.05, 3.63) is 24.5 Å². The number of oxazole rings is 1. The number of ketones is 1. The number of nitrogens with zero attached hydrogens (tertiary/aromatic N) is 5. The van der Waals surface area contributed by atoms with E-state index in [4.69, 9.17) is 32.1 Å². The van der Waals surface area contributed by atoms with E-state index in [0.29, 0.717) is 72.7 Å². The SMILES string of the molecule is C#CCCOCCC(=O)CCCCCn1nc(-c2ccc3oc(N)nc3c2)c2c(N)ncnc21. The van der Waals surface area contributed by atoms with E-state index in [2.05, 4.69) is 20.9 Å². The summed E-state index contributed by atoms with van der Waals surface area (Å²) in [6, 6.07) is 5.65. The summed E-state index contributed by atoms with van der Waals surface area (Å²) in [5.41, 5.74) is 15.3. The molecule has 4 aromatic rings. The number of aryl methyl sites for hydroxylation is 1. The lowest BCUT2D eigenvalue weighted by atomic mass is 10.1. The maximum atomic E-state index is 12.0. The molecule has 0 amide bonds. The monoisotopic (exact) mass is 461 g/mol. The lowest BCUT2D eigenvalue weighted by Crippen LogP contribution is -2.05. The summed E-state index contributed by atoms with van der Waals surface area (Å²) in [5, 5.41) is 5.47. The molecule has 0 fully saturated rings. The highest BCUT2D eigenvalue weighted by Crippen LogP contribution is 2.32. The molecule has 4 N–H and O–H groups in total. The molecular weight excluding hydrogens is 434 g/mol. The summed E-state index contributed by atoms with van der Waals surface area (Å²) in [7, 11) is 0. The first kappa shape index (κ1) is 23.2. The van der Waals surface area contributed by atoms with E-state index < -0.39 is 0 Å². The molecule has 4 rings (SSSR count). The van der Waals surface area contributed by atoms with Gasteiger partial charge in [-0.05, 0) is 31.0 Å². The van der Waals surface area contributed by atoms with Crippen LogP contribution in [0.25, 0.3) is 33.4 Å². The summed E-state index contributed by atoms with van der Waals surface area (Å²) in [5.74, 6) is 3.07. The number of ether oxygens (including phenoxy) is 1. The molecule has 0 aliphatic heterocycles. The van der Waals surface area contributed by atoms with E-state index in [9.17, 15) is 4.79 Å². The maximum absolute atomic E-state index is 12.0. The van der Waals surface area contributed by atoms with Gasteiger partial charge in [-0.3, -0.25) is 4.79 Å². The minimum Gasteiger partial charge on any atom is -0.424 e. The second-order valence-corrected chi connectivity index (χ2v) is 7.93. The second-order valence-electron chi connectivity index (χ2n) is 7.93. The Labute approximate surface area is 196 Å². The number of nitrogens with two attached hydrogens (primary N) is 2. The zero-order chi connectivity index (χ0) is 23.9. The van der Waals surface area contributed by atoms with Crippen molar-refractivity contribution in [3.63, 3.8) is 0 Å². The predicted octanol–water partition coefficient (Wildman–Crippen LogP) is 3.36. The van der Waals surface area contributed by atoms with Crippen molar-refractivity contribution >= 4 is 39.7 Å². The molecule has 176 valence electrons. The third-order valence-corrected chi connectivity index (χ3v) is 5.48. The molecule has 3 heterocycles. The minimum atomic E-state index is 0.111. The third-order valence-electron chi connectivity index (χ3n) is 5.48. The largest absolute Gasteiger partial charge is 0.424 e. The van der Waals surface area contributed by atoms with Crippen LogP contribution in [-0.4, -0.2) is 43.7 Å². The van der Waals surface area contributed by atoms with Crippen LogP contribution < -0.4 is 11.5 Å². The van der Waals surface area contributed by atoms with E-state index in [1.54, 1.807) is 6.07 Å². The Hall–Kier alpha value is -3.97. The fraction of sp³-hybridized carbons (Fsp3) is 0.375. The number of benzene rings is 1. The maximum Gasteiger partial charge on any atom is 0.292 e. The summed E-state index contributed by atoms with van der Waals surface area (Å²) in [6.45, 7) is 1.57. The molecule has 34 heavy (non-hydrogen) atoms. The number of hydrogen-bond donors (Lipinski definition) is 2. The van der Waals surface area contributed by atoms with Crippen LogP contribution in [0.15, 0.2) is 28.9 Å². The van der Waals surface area contributed by atoms with Gasteiger partial charge in [0, 0.05) is 31.4 Å². The van der Waals surface area contributed by atoms with Gasteiger partial charge in [-0.2, -0.15) is 10.1 Å². The van der Waals surface area contributed by atoms with E-state index in [1.165, 1.54) is 6.33 Å². The number of nitrogen functional groups attached to an aromatic ring is 2. The first-order chi connectivity index (χ1) is 16.6. The van der Waals surface area contributed by atoms with Crippen molar-refractivity contribution < 1.29 is 13.9 Å². The molecule has 0 radical (unpaired) electrons. The van der Waals surface area contributed by atoms with Crippen LogP contribution >= 0.6 is 0 Å². The highest BCUT2D eigenvalue weighted by atomic mass is 16.5. The Morgan fingerprint density at radius 3 is 2.88 bits per heavy atom. The Balaban J connectivity index is 1.38. The number of aromatic nitrogens is 5. The number of carbonyl (C=O) groups is 1. The Morgan fingerprint density at radius 2 is 2.03 bits per heavy atom. The molecule has 0 saturated heterocycles. The minimum absolute atomic E-state index is 0.111. The summed E-state index contributed by atoms with van der Waals surface area (Å²) < 4.78 is 12.5. The molecule has 1 aromatic carbocycles. The molecule has 10 heteroatoms. The van der Waals surface area contributed by atoms with E-state index in [-0.39, 0.29) is 11.8 Å². The average molecular weight is 462 g/mol. The highest BCUT2D eigenvalue weighted by Gasteiger charge is 2.18. The first-order valence-corrected chi connectivity index (χ1v) is 11.2. The molecule has 0 spiro atoms. The molecule has 0 aliphatic rings. The Kier molecular flexibility index (Phi) is 7.34. The van der Waals surface area contributed by atoms with Crippen LogP contribution in [0.5, 0.6) is 0 Å². The van der Waals surface area contributed by atoms with Gasteiger partial charge < -0.3 is 20.6 Å². The average Bonchev–Trinajstić information content (AvgIpc) is 3.38. The van der Waals surface area contributed by atoms with Gasteiger partial charge in [0.1, 0.15) is 29.1 Å². The molecule has 3 aromatic heterocycles. The van der Waals surface area contributed by atoms with Crippen molar-refractivity contribution in [3.8, 4) is 23.6 Å². The number of fused-ring (bicyclic) bond motifs is 2. The number of rotatable bonds is 12. The zero-order valence-corrected chi connectivity index (χ0v) is 18.9. The van der Waals surface area contributed by atoms with Gasteiger partial charge in [0.05, 0.1) is 18.6 Å². The van der Waals surface area contributed by atoms with Crippen molar-refractivity contribution in [1.29, 1.82) is 0 Å². The van der Waals surface area contributed by atoms with Gasteiger partial charge >= 0.3 is 0 Å². The number of hydrogen-bond acceptors (Lipinski definition) is 9. The van der Waals surface area contributed by atoms with Crippen LogP contribution in [0, 0.1) is 12.3 Å². The van der Waals surface area contributed by atoms with Crippen LogP contribution in [0.1, 0.15) is 38.5 Å². The zero-order valence-electron chi connectivity index (χ0n) is 18.9. The molecule has 0 bridgehead atoms. The number of anilines is 2. The van der Waals surface area contributed by atoms with Crippen LogP contribution in [-0.2, 0) is 16.1 Å². The lowest BCUT2D eigenvalue weighted by molar-refractivity contribution is -0.120. The quantitative estimate of drug-likeness (QED) is 0.239. The van der Waals surface area contributed by atoms with E-state index in [0.717, 1.165) is 24.8 Å². The fourth-order valence-corrected chi connectivity index (χ4v) is 3.79. The summed E-state index contributed by atoms with van der Waals surface area (Å²) >= 11 is 0.